The van der Waals surface area contributed by atoms with Crippen LogP contribution in [0, 0.1) is 20.8 Å². The van der Waals surface area contributed by atoms with E-state index in [2.05, 4.69) is 10.2 Å². The molecule has 1 aliphatic rings. The van der Waals surface area contributed by atoms with Crippen molar-refractivity contribution in [2.24, 2.45) is 0 Å². The highest BCUT2D eigenvalue weighted by molar-refractivity contribution is 5.96. The summed E-state index contributed by atoms with van der Waals surface area (Å²) in [7, 11) is 1.64. The molecule has 2 aromatic heterocycles. The first-order valence-electron chi connectivity index (χ1n) is 8.61. The Kier molecular flexibility index (Phi) is 4.03. The Labute approximate surface area is 150 Å². The highest BCUT2D eigenvalue weighted by Crippen LogP contribution is 2.35. The van der Waals surface area contributed by atoms with E-state index in [9.17, 15) is 4.79 Å². The van der Waals surface area contributed by atoms with Gasteiger partial charge in [0.15, 0.2) is 5.76 Å². The third-order valence-corrected chi connectivity index (χ3v) is 5.03. The van der Waals surface area contributed by atoms with Gasteiger partial charge in [-0.25, -0.2) is 0 Å². The molecule has 1 fully saturated rings. The first-order chi connectivity index (χ1) is 12.5. The van der Waals surface area contributed by atoms with Gasteiger partial charge in [0.25, 0.3) is 5.91 Å². The van der Waals surface area contributed by atoms with Crippen LogP contribution < -0.4 is 0 Å². The van der Waals surface area contributed by atoms with Crippen molar-refractivity contribution < 1.29 is 18.4 Å². The van der Waals surface area contributed by atoms with Crippen molar-refractivity contribution in [2.75, 3.05) is 13.7 Å². The Morgan fingerprint density at radius 2 is 1.92 bits per heavy atom. The van der Waals surface area contributed by atoms with Crippen LogP contribution in [0.3, 0.4) is 0 Å². The van der Waals surface area contributed by atoms with Gasteiger partial charge in [0.1, 0.15) is 11.6 Å². The van der Waals surface area contributed by atoms with Crippen molar-refractivity contribution in [1.29, 1.82) is 0 Å². The van der Waals surface area contributed by atoms with E-state index in [-0.39, 0.29) is 18.1 Å². The van der Waals surface area contributed by atoms with E-state index >= 15 is 0 Å². The topological polar surface area (TPSA) is 81.6 Å². The number of hydrogen-bond donors (Lipinski definition) is 0. The molecule has 0 radical (unpaired) electrons. The molecule has 4 rings (SSSR count). The Hall–Kier alpha value is -2.67. The molecule has 1 aromatic carbocycles. The summed E-state index contributed by atoms with van der Waals surface area (Å²) in [5.41, 5.74) is 3.01. The summed E-state index contributed by atoms with van der Waals surface area (Å²) in [5.74, 6) is 1.01. The molecule has 1 amide bonds. The highest BCUT2D eigenvalue weighted by atomic mass is 16.5. The van der Waals surface area contributed by atoms with E-state index < -0.39 is 0 Å². The van der Waals surface area contributed by atoms with Crippen LogP contribution in [0.4, 0.5) is 0 Å². The Morgan fingerprint density at radius 3 is 2.62 bits per heavy atom. The fourth-order valence-electron chi connectivity index (χ4n) is 3.42. The van der Waals surface area contributed by atoms with Gasteiger partial charge in [0.05, 0.1) is 6.10 Å². The number of benzene rings is 1. The van der Waals surface area contributed by atoms with Crippen molar-refractivity contribution in [3.63, 3.8) is 0 Å². The predicted octanol–water partition coefficient (Wildman–Crippen LogP) is 3.34. The Morgan fingerprint density at radius 1 is 1.15 bits per heavy atom. The average molecular weight is 355 g/mol. The second kappa shape index (κ2) is 6.25. The van der Waals surface area contributed by atoms with Crippen molar-refractivity contribution in [2.45, 2.75) is 39.3 Å². The number of ether oxygens (including phenoxy) is 1. The summed E-state index contributed by atoms with van der Waals surface area (Å²) in [6.07, 6.45) is 0.535. The van der Waals surface area contributed by atoms with E-state index in [1.54, 1.807) is 25.0 Å². The first kappa shape index (κ1) is 16.8. The lowest BCUT2D eigenvalue weighted by molar-refractivity contribution is 0.0646. The summed E-state index contributed by atoms with van der Waals surface area (Å²) < 4.78 is 16.9. The van der Waals surface area contributed by atoms with Gasteiger partial charge in [-0.15, -0.1) is 10.2 Å². The third-order valence-electron chi connectivity index (χ3n) is 5.03. The van der Waals surface area contributed by atoms with Crippen LogP contribution in [0.5, 0.6) is 0 Å². The molecule has 0 spiro atoms. The molecular weight excluding hydrogens is 334 g/mol. The normalized spacial score (nSPS) is 20.2. The van der Waals surface area contributed by atoms with E-state index in [0.29, 0.717) is 36.1 Å². The molecule has 0 saturated carbocycles. The molecule has 26 heavy (non-hydrogen) atoms. The van der Waals surface area contributed by atoms with E-state index in [1.165, 1.54) is 0 Å². The number of amides is 1. The minimum Gasteiger partial charge on any atom is -0.451 e. The van der Waals surface area contributed by atoms with Crippen LogP contribution in [0.1, 0.15) is 45.9 Å². The second-order valence-electron chi connectivity index (χ2n) is 6.81. The quantitative estimate of drug-likeness (QED) is 0.717. The standard InChI is InChI=1S/C19H21N3O4/c1-10-5-13-7-17(26-16(13)6-11(10)2)19(23)22-9-14(24-4)8-15(22)18-21-20-12(3)25-18/h5-7,14-15H,8-9H2,1-4H3/t14-,15+/m0/s1. The van der Waals surface area contributed by atoms with Gasteiger partial charge in [0.2, 0.25) is 11.8 Å². The molecule has 136 valence electrons. The maximum absolute atomic E-state index is 13.1. The monoisotopic (exact) mass is 355 g/mol. The molecule has 0 unspecified atom stereocenters. The molecule has 0 aliphatic carbocycles. The molecule has 2 atom stereocenters. The van der Waals surface area contributed by atoms with Gasteiger partial charge in [0, 0.05) is 32.4 Å². The van der Waals surface area contributed by atoms with E-state index in [1.807, 2.05) is 26.0 Å². The number of carbonyl (C=O) groups excluding carboxylic acids is 1. The summed E-state index contributed by atoms with van der Waals surface area (Å²) in [5, 5.41) is 8.90. The summed E-state index contributed by atoms with van der Waals surface area (Å²) in [4.78, 5) is 14.8. The number of aryl methyl sites for hydroxylation is 3. The molecule has 1 aliphatic heterocycles. The molecule has 3 aromatic rings. The zero-order chi connectivity index (χ0) is 18.4. The molecular formula is C19H21N3O4. The van der Waals surface area contributed by atoms with Crippen molar-refractivity contribution >= 4 is 16.9 Å². The van der Waals surface area contributed by atoms with Crippen molar-refractivity contribution in [1.82, 2.24) is 15.1 Å². The van der Waals surface area contributed by atoms with Gasteiger partial charge in [-0.1, -0.05) is 0 Å². The van der Waals surface area contributed by atoms with Gasteiger partial charge >= 0.3 is 0 Å². The minimum absolute atomic E-state index is 0.0787. The smallest absolute Gasteiger partial charge is 0.290 e. The number of fused-ring (bicyclic) bond motifs is 1. The Bertz CT molecular complexity index is 935. The lowest BCUT2D eigenvalue weighted by Crippen LogP contribution is -2.31. The number of hydrogen-bond acceptors (Lipinski definition) is 6. The average Bonchev–Trinajstić information content (AvgIpc) is 3.32. The number of methoxy groups -OCH3 is 1. The molecule has 7 heteroatoms. The van der Waals surface area contributed by atoms with Gasteiger partial charge in [-0.3, -0.25) is 4.79 Å². The van der Waals surface area contributed by atoms with Crippen molar-refractivity contribution in [3.05, 3.63) is 46.9 Å². The highest BCUT2D eigenvalue weighted by Gasteiger charge is 2.40. The zero-order valence-electron chi connectivity index (χ0n) is 15.3. The first-order valence-corrected chi connectivity index (χ1v) is 8.61. The van der Waals surface area contributed by atoms with E-state index in [4.69, 9.17) is 13.6 Å². The van der Waals surface area contributed by atoms with Crippen LogP contribution in [0.25, 0.3) is 11.0 Å². The minimum atomic E-state index is -0.315. The van der Waals surface area contributed by atoms with Crippen LogP contribution in [-0.2, 0) is 4.74 Å². The molecule has 0 N–H and O–H groups in total. The van der Waals surface area contributed by atoms with Gasteiger partial charge in [-0.05, 0) is 43.2 Å². The van der Waals surface area contributed by atoms with Crippen LogP contribution in [-0.4, -0.2) is 40.8 Å². The zero-order valence-corrected chi connectivity index (χ0v) is 15.3. The number of aromatic nitrogens is 2. The fraction of sp³-hybridized carbons (Fsp3) is 0.421. The van der Waals surface area contributed by atoms with Crippen LogP contribution >= 0.6 is 0 Å². The predicted molar refractivity (Wildman–Crippen MR) is 93.9 cm³/mol. The number of nitrogens with zero attached hydrogens (tertiary/aromatic N) is 3. The number of likely N-dealkylation sites (tertiary alicyclic amines) is 1. The summed E-state index contributed by atoms with van der Waals surface area (Å²) >= 11 is 0. The molecule has 0 bridgehead atoms. The largest absolute Gasteiger partial charge is 0.451 e. The summed E-state index contributed by atoms with van der Waals surface area (Å²) in [6.45, 7) is 6.25. The van der Waals surface area contributed by atoms with Crippen molar-refractivity contribution in [3.8, 4) is 0 Å². The number of rotatable bonds is 3. The van der Waals surface area contributed by atoms with E-state index in [0.717, 1.165) is 16.5 Å². The number of carbonyl (C=O) groups is 1. The maximum Gasteiger partial charge on any atom is 0.290 e. The molecule has 7 nitrogen and oxygen atoms in total. The third kappa shape index (κ3) is 2.78. The lowest BCUT2D eigenvalue weighted by Gasteiger charge is -2.20. The second-order valence-corrected chi connectivity index (χ2v) is 6.81. The maximum atomic E-state index is 13.1. The molecule has 1 saturated heterocycles. The number of furan rings is 1. The lowest BCUT2D eigenvalue weighted by atomic mass is 10.1. The van der Waals surface area contributed by atoms with Gasteiger partial charge in [-0.2, -0.15) is 0 Å². The van der Waals surface area contributed by atoms with Gasteiger partial charge < -0.3 is 18.5 Å². The van der Waals surface area contributed by atoms with Crippen LogP contribution in [0.2, 0.25) is 0 Å². The van der Waals surface area contributed by atoms with Crippen LogP contribution in [0.15, 0.2) is 27.0 Å². The SMILES string of the molecule is CO[C@H]1C[C@H](c2nnc(C)o2)N(C(=O)c2cc3cc(C)c(C)cc3o2)C1. The summed E-state index contributed by atoms with van der Waals surface area (Å²) in [6, 6.07) is 5.47. The fourth-order valence-corrected chi connectivity index (χ4v) is 3.42. The Balaban J connectivity index is 1.69. The molecule has 3 heterocycles.